The van der Waals surface area contributed by atoms with Crippen LogP contribution in [0.3, 0.4) is 0 Å². The fraction of sp³-hybridized carbons (Fsp3) is 0.611. The normalized spacial score (nSPS) is 21.0. The van der Waals surface area contributed by atoms with Crippen LogP contribution in [-0.4, -0.2) is 53.0 Å². The molecule has 1 atom stereocenters. The van der Waals surface area contributed by atoms with Crippen molar-refractivity contribution >= 4 is 17.7 Å². The Morgan fingerprint density at radius 3 is 2.32 bits per heavy atom. The van der Waals surface area contributed by atoms with Crippen LogP contribution >= 0.6 is 0 Å². The third-order valence-corrected chi connectivity index (χ3v) is 5.30. The topological polar surface area (TPSA) is 99.8 Å². The first-order chi connectivity index (χ1) is 12.1. The van der Waals surface area contributed by atoms with E-state index < -0.39 is 12.0 Å². The van der Waals surface area contributed by atoms with Crippen molar-refractivity contribution in [2.24, 2.45) is 11.7 Å². The Balaban J connectivity index is 1.70. The maximum Gasteiger partial charge on any atom is 0.325 e. The van der Waals surface area contributed by atoms with Crippen molar-refractivity contribution in [1.82, 2.24) is 9.88 Å². The van der Waals surface area contributed by atoms with E-state index in [-0.39, 0.29) is 11.8 Å². The molecule has 1 amide bonds. The number of nitrogens with two attached hydrogens (primary N) is 1. The first-order valence-corrected chi connectivity index (χ1v) is 9.03. The van der Waals surface area contributed by atoms with Crippen LogP contribution in [0.5, 0.6) is 0 Å². The third kappa shape index (κ3) is 4.10. The largest absolute Gasteiger partial charge is 0.480 e. The van der Waals surface area contributed by atoms with Crippen LogP contribution in [-0.2, 0) is 9.59 Å². The van der Waals surface area contributed by atoms with Gasteiger partial charge >= 0.3 is 5.97 Å². The molecule has 2 saturated heterocycles. The van der Waals surface area contributed by atoms with Crippen molar-refractivity contribution in [3.05, 3.63) is 23.9 Å². The lowest BCUT2D eigenvalue weighted by atomic mass is 9.94. The molecule has 0 spiro atoms. The van der Waals surface area contributed by atoms with Crippen LogP contribution in [0.25, 0.3) is 0 Å². The van der Waals surface area contributed by atoms with Crippen molar-refractivity contribution in [3.8, 4) is 0 Å². The molecule has 1 aromatic rings. The number of anilines is 1. The lowest BCUT2D eigenvalue weighted by Gasteiger charge is -2.35. The molecule has 7 nitrogen and oxygen atoms in total. The average molecular weight is 346 g/mol. The molecule has 3 rings (SSSR count). The van der Waals surface area contributed by atoms with Gasteiger partial charge in [-0.05, 0) is 43.7 Å². The summed E-state index contributed by atoms with van der Waals surface area (Å²) in [7, 11) is 0. The summed E-state index contributed by atoms with van der Waals surface area (Å²) in [5, 5.41) is 9.70. The Bertz CT molecular complexity index is 605. The fourth-order valence-electron chi connectivity index (χ4n) is 3.82. The summed E-state index contributed by atoms with van der Waals surface area (Å²) < 4.78 is 0. The second-order valence-electron chi connectivity index (χ2n) is 6.95. The molecule has 0 aromatic carbocycles. The van der Waals surface area contributed by atoms with E-state index in [1.54, 1.807) is 6.20 Å². The van der Waals surface area contributed by atoms with Gasteiger partial charge in [0.25, 0.3) is 0 Å². The van der Waals surface area contributed by atoms with Crippen LogP contribution in [0.1, 0.15) is 43.7 Å². The molecule has 2 aliphatic rings. The van der Waals surface area contributed by atoms with Crippen LogP contribution in [0.15, 0.2) is 18.3 Å². The molecular formula is C18H26N4O3. The van der Waals surface area contributed by atoms with E-state index in [1.165, 1.54) is 19.3 Å². The number of aromatic nitrogens is 1. The predicted molar refractivity (Wildman–Crippen MR) is 94.2 cm³/mol. The van der Waals surface area contributed by atoms with E-state index in [1.807, 2.05) is 17.0 Å². The molecule has 3 N–H and O–H groups in total. The highest BCUT2D eigenvalue weighted by molar-refractivity contribution is 5.77. The molecule has 0 radical (unpaired) electrons. The van der Waals surface area contributed by atoms with Crippen LogP contribution in [0, 0.1) is 5.92 Å². The zero-order chi connectivity index (χ0) is 17.8. The minimum absolute atomic E-state index is 0.148. The van der Waals surface area contributed by atoms with Crippen molar-refractivity contribution < 1.29 is 14.7 Å². The van der Waals surface area contributed by atoms with Gasteiger partial charge in [-0.25, -0.2) is 4.98 Å². The number of hydrogen-bond donors (Lipinski definition) is 2. The van der Waals surface area contributed by atoms with Crippen LogP contribution in [0.2, 0.25) is 0 Å². The van der Waals surface area contributed by atoms with Crippen LogP contribution < -0.4 is 10.6 Å². The first kappa shape index (κ1) is 17.7. The second-order valence-corrected chi connectivity index (χ2v) is 6.95. The maximum atomic E-state index is 11.8. The summed E-state index contributed by atoms with van der Waals surface area (Å²) in [6, 6.07) is 3.07. The molecule has 0 bridgehead atoms. The number of likely N-dealkylation sites (tertiary alicyclic amines) is 1. The Labute approximate surface area is 147 Å². The summed E-state index contributed by atoms with van der Waals surface area (Å²) in [6.45, 7) is 3.13. The fourth-order valence-corrected chi connectivity index (χ4v) is 3.82. The molecule has 0 aliphatic carbocycles. The summed E-state index contributed by atoms with van der Waals surface area (Å²) in [5.74, 6) is -0.408. The van der Waals surface area contributed by atoms with Gasteiger partial charge in [0.15, 0.2) is 0 Å². The Morgan fingerprint density at radius 2 is 1.80 bits per heavy atom. The maximum absolute atomic E-state index is 11.8. The molecule has 25 heavy (non-hydrogen) atoms. The Kier molecular flexibility index (Phi) is 5.53. The number of piperidine rings is 2. The van der Waals surface area contributed by atoms with Crippen molar-refractivity contribution in [2.45, 2.75) is 38.1 Å². The Morgan fingerprint density at radius 1 is 1.12 bits per heavy atom. The van der Waals surface area contributed by atoms with E-state index in [0.717, 1.165) is 18.9 Å². The number of rotatable bonds is 5. The highest BCUT2D eigenvalue weighted by Gasteiger charge is 2.32. The summed E-state index contributed by atoms with van der Waals surface area (Å²) in [6.07, 6.45) is 6.52. The van der Waals surface area contributed by atoms with Gasteiger partial charge in [0.2, 0.25) is 5.91 Å². The summed E-state index contributed by atoms with van der Waals surface area (Å²) >= 11 is 0. The lowest BCUT2D eigenvalue weighted by Crippen LogP contribution is -2.42. The quantitative estimate of drug-likeness (QED) is 0.836. The van der Waals surface area contributed by atoms with E-state index in [0.29, 0.717) is 31.5 Å². The molecular weight excluding hydrogens is 320 g/mol. The van der Waals surface area contributed by atoms with Gasteiger partial charge in [-0.3, -0.25) is 14.5 Å². The number of carbonyl (C=O) groups excluding carboxylic acids is 1. The number of aliphatic carboxylic acids is 1. The number of carbonyl (C=O) groups is 2. The summed E-state index contributed by atoms with van der Waals surface area (Å²) in [5.41, 5.74) is 6.04. The van der Waals surface area contributed by atoms with Gasteiger partial charge in [0.1, 0.15) is 11.9 Å². The number of hydrogen-bond acceptors (Lipinski definition) is 5. The zero-order valence-electron chi connectivity index (χ0n) is 14.4. The lowest BCUT2D eigenvalue weighted by molar-refractivity contribution is -0.144. The zero-order valence-corrected chi connectivity index (χ0v) is 14.4. The predicted octanol–water partition coefficient (Wildman–Crippen LogP) is 1.39. The van der Waals surface area contributed by atoms with E-state index >= 15 is 0 Å². The second kappa shape index (κ2) is 7.82. The molecule has 0 saturated carbocycles. The van der Waals surface area contributed by atoms with Gasteiger partial charge in [-0.2, -0.15) is 0 Å². The number of pyridine rings is 1. The van der Waals surface area contributed by atoms with Gasteiger partial charge in [0, 0.05) is 38.3 Å². The molecule has 3 heterocycles. The molecule has 1 aromatic heterocycles. The monoisotopic (exact) mass is 346 g/mol. The van der Waals surface area contributed by atoms with Crippen molar-refractivity contribution in [3.63, 3.8) is 0 Å². The molecule has 7 heteroatoms. The van der Waals surface area contributed by atoms with Gasteiger partial charge in [-0.1, -0.05) is 6.07 Å². The SMILES string of the molecule is NC(=O)C1CCN([C@@H](C(=O)O)c2ccc(N3CCCCC3)nc2)CC1. The summed E-state index contributed by atoms with van der Waals surface area (Å²) in [4.78, 5) is 31.8. The standard InChI is InChI=1S/C18H26N4O3/c19-17(23)13-6-10-22(11-7-13)16(18(24)25)14-4-5-15(20-12-14)21-8-2-1-3-9-21/h4-5,12-13,16H,1-3,6-11H2,(H2,19,23)(H,24,25)/t16-/m1/s1. The van der Waals surface area contributed by atoms with Crippen LogP contribution in [0.4, 0.5) is 5.82 Å². The number of nitrogens with zero attached hydrogens (tertiary/aromatic N) is 3. The Hall–Kier alpha value is -2.15. The smallest absolute Gasteiger partial charge is 0.325 e. The van der Waals surface area contributed by atoms with E-state index in [9.17, 15) is 14.7 Å². The molecule has 136 valence electrons. The van der Waals surface area contributed by atoms with Crippen molar-refractivity contribution in [2.75, 3.05) is 31.1 Å². The number of carboxylic acid groups (broad SMARTS) is 1. The van der Waals surface area contributed by atoms with Crippen molar-refractivity contribution in [1.29, 1.82) is 0 Å². The average Bonchev–Trinajstić information content (AvgIpc) is 2.63. The molecule has 0 unspecified atom stereocenters. The first-order valence-electron chi connectivity index (χ1n) is 9.03. The minimum Gasteiger partial charge on any atom is -0.480 e. The van der Waals surface area contributed by atoms with E-state index in [4.69, 9.17) is 5.73 Å². The number of amides is 1. The van der Waals surface area contributed by atoms with Gasteiger partial charge in [0.05, 0.1) is 0 Å². The third-order valence-electron chi connectivity index (χ3n) is 5.30. The molecule has 2 fully saturated rings. The highest BCUT2D eigenvalue weighted by atomic mass is 16.4. The minimum atomic E-state index is -0.884. The van der Waals surface area contributed by atoms with Gasteiger partial charge in [-0.15, -0.1) is 0 Å². The van der Waals surface area contributed by atoms with Gasteiger partial charge < -0.3 is 15.7 Å². The number of carboxylic acids is 1. The van der Waals surface area contributed by atoms with E-state index in [2.05, 4.69) is 9.88 Å². The highest BCUT2D eigenvalue weighted by Crippen LogP contribution is 2.28. The number of primary amides is 1. The molecule has 2 aliphatic heterocycles.